The Labute approximate surface area is 190 Å². The van der Waals surface area contributed by atoms with Crippen molar-refractivity contribution >= 4 is 29.3 Å². The molecule has 0 aliphatic carbocycles. The van der Waals surface area contributed by atoms with Crippen molar-refractivity contribution in [3.8, 4) is 0 Å². The highest BCUT2D eigenvalue weighted by Gasteiger charge is 2.34. The van der Waals surface area contributed by atoms with Crippen molar-refractivity contribution in [3.05, 3.63) is 76.2 Å². The van der Waals surface area contributed by atoms with Gasteiger partial charge in [-0.2, -0.15) is 0 Å². The molecule has 2 aliphatic rings. The van der Waals surface area contributed by atoms with E-state index in [0.717, 1.165) is 31.9 Å². The van der Waals surface area contributed by atoms with Crippen LogP contribution in [0.4, 0.5) is 14.9 Å². The Morgan fingerprint density at radius 2 is 1.91 bits per heavy atom. The van der Waals surface area contributed by atoms with Crippen LogP contribution >= 0.6 is 11.6 Å². The summed E-state index contributed by atoms with van der Waals surface area (Å²) in [5.74, 6) is -1.02. The van der Waals surface area contributed by atoms with Gasteiger partial charge in [0.25, 0.3) is 0 Å². The van der Waals surface area contributed by atoms with E-state index in [1.54, 1.807) is 12.1 Å². The van der Waals surface area contributed by atoms with Crippen LogP contribution in [0.5, 0.6) is 0 Å². The van der Waals surface area contributed by atoms with Crippen molar-refractivity contribution in [3.63, 3.8) is 0 Å². The fourth-order valence-corrected chi connectivity index (χ4v) is 4.27. The van der Waals surface area contributed by atoms with Gasteiger partial charge in [-0.1, -0.05) is 29.8 Å². The van der Waals surface area contributed by atoms with E-state index < -0.39 is 23.9 Å². The van der Waals surface area contributed by atoms with Crippen LogP contribution in [0.15, 0.2) is 59.8 Å². The number of methoxy groups -OCH3 is 1. The second-order valence-corrected chi connectivity index (χ2v) is 8.15. The van der Waals surface area contributed by atoms with Crippen LogP contribution in [0, 0.1) is 5.82 Å². The van der Waals surface area contributed by atoms with Crippen LogP contribution in [0.2, 0.25) is 5.02 Å². The smallest absolute Gasteiger partial charge is 0.338 e. The molecule has 32 heavy (non-hydrogen) atoms. The molecule has 9 heteroatoms. The number of piperazine rings is 1. The molecular formula is C23H24ClFN4O3. The van der Waals surface area contributed by atoms with Gasteiger partial charge >= 0.3 is 12.0 Å². The lowest BCUT2D eigenvalue weighted by Gasteiger charge is -2.38. The molecule has 2 heterocycles. The molecule has 0 unspecified atom stereocenters. The highest BCUT2D eigenvalue weighted by atomic mass is 35.5. The van der Waals surface area contributed by atoms with Gasteiger partial charge in [0, 0.05) is 49.1 Å². The van der Waals surface area contributed by atoms with Crippen molar-refractivity contribution in [2.45, 2.75) is 6.04 Å². The summed E-state index contributed by atoms with van der Waals surface area (Å²) < 4.78 is 18.8. The maximum absolute atomic E-state index is 13.8. The molecule has 2 amide bonds. The zero-order chi connectivity index (χ0) is 22.7. The second-order valence-electron chi connectivity index (χ2n) is 7.71. The van der Waals surface area contributed by atoms with Crippen molar-refractivity contribution in [1.82, 2.24) is 15.5 Å². The van der Waals surface area contributed by atoms with Gasteiger partial charge in [0.15, 0.2) is 0 Å². The first-order valence-electron chi connectivity index (χ1n) is 10.3. The van der Waals surface area contributed by atoms with Gasteiger partial charge < -0.3 is 20.3 Å². The van der Waals surface area contributed by atoms with E-state index in [-0.39, 0.29) is 5.57 Å². The molecule has 0 bridgehead atoms. The highest BCUT2D eigenvalue weighted by molar-refractivity contribution is 6.30. The molecule has 2 N–H and O–H groups in total. The number of amides is 2. The predicted molar refractivity (Wildman–Crippen MR) is 120 cm³/mol. The van der Waals surface area contributed by atoms with Gasteiger partial charge in [0.1, 0.15) is 5.82 Å². The molecule has 2 aromatic carbocycles. The Morgan fingerprint density at radius 3 is 2.59 bits per heavy atom. The largest absolute Gasteiger partial charge is 0.466 e. The van der Waals surface area contributed by atoms with E-state index >= 15 is 0 Å². The monoisotopic (exact) mass is 458 g/mol. The van der Waals surface area contributed by atoms with Crippen molar-refractivity contribution in [2.24, 2.45) is 0 Å². The number of urea groups is 1. The molecule has 1 saturated heterocycles. The number of ether oxygens (including phenoxy) is 1. The number of carbonyl (C=O) groups is 2. The number of anilines is 1. The summed E-state index contributed by atoms with van der Waals surface area (Å²) in [6.07, 6.45) is 0. The Bertz CT molecular complexity index is 1050. The Hall–Kier alpha value is -3.10. The molecule has 2 aliphatic heterocycles. The lowest BCUT2D eigenvalue weighted by atomic mass is 9.95. The summed E-state index contributed by atoms with van der Waals surface area (Å²) in [7, 11) is 1.29. The zero-order valence-electron chi connectivity index (χ0n) is 17.6. The number of nitrogens with zero attached hydrogens (tertiary/aromatic N) is 2. The molecule has 168 valence electrons. The molecule has 2 aromatic rings. The summed E-state index contributed by atoms with van der Waals surface area (Å²) in [6.45, 7) is 3.39. The number of hydrogen-bond donors (Lipinski definition) is 2. The summed E-state index contributed by atoms with van der Waals surface area (Å²) in [6, 6.07) is 12.3. The van der Waals surface area contributed by atoms with Crippen LogP contribution in [0.1, 0.15) is 11.6 Å². The van der Waals surface area contributed by atoms with Crippen LogP contribution in [0.25, 0.3) is 0 Å². The third kappa shape index (κ3) is 4.87. The van der Waals surface area contributed by atoms with Crippen molar-refractivity contribution in [2.75, 3.05) is 44.7 Å². The third-order valence-corrected chi connectivity index (χ3v) is 5.90. The summed E-state index contributed by atoms with van der Waals surface area (Å²) in [5.41, 5.74) is 2.28. The molecule has 0 spiro atoms. The number of halogens is 2. The van der Waals surface area contributed by atoms with Gasteiger partial charge in [-0.05, 0) is 35.9 Å². The standard InChI is InChI=1S/C23H24ClFN4O3/c1-32-22(30)20-19(26-23(31)27-21(20)15-4-2-6-17(25)12-15)14-28-8-10-29(11-9-28)18-7-3-5-16(24)13-18/h2-7,12-13,21H,8-11,14H2,1H3,(H2,26,27,31)/t21-/m0/s1. The van der Waals surface area contributed by atoms with Gasteiger partial charge in [-0.15, -0.1) is 0 Å². The Balaban J connectivity index is 1.55. The number of hydrogen-bond acceptors (Lipinski definition) is 5. The molecule has 4 rings (SSSR count). The number of esters is 1. The number of rotatable bonds is 5. The van der Waals surface area contributed by atoms with Crippen LogP contribution in [-0.2, 0) is 9.53 Å². The first kappa shape index (κ1) is 22.1. The average molecular weight is 459 g/mol. The van der Waals surface area contributed by atoms with Gasteiger partial charge in [0.2, 0.25) is 0 Å². The highest BCUT2D eigenvalue weighted by Crippen LogP contribution is 2.29. The molecule has 0 aromatic heterocycles. The number of carbonyl (C=O) groups excluding carboxylic acids is 2. The van der Waals surface area contributed by atoms with Crippen LogP contribution < -0.4 is 15.5 Å². The maximum Gasteiger partial charge on any atom is 0.338 e. The van der Waals surface area contributed by atoms with Crippen LogP contribution in [-0.4, -0.2) is 56.7 Å². The first-order chi connectivity index (χ1) is 15.4. The summed E-state index contributed by atoms with van der Waals surface area (Å²) in [5, 5.41) is 6.16. The molecule has 7 nitrogen and oxygen atoms in total. The summed E-state index contributed by atoms with van der Waals surface area (Å²) in [4.78, 5) is 29.4. The van der Waals surface area contributed by atoms with E-state index in [1.165, 1.54) is 19.2 Å². The zero-order valence-corrected chi connectivity index (χ0v) is 18.4. The normalized spacial score (nSPS) is 19.4. The fraction of sp³-hybridized carbons (Fsp3) is 0.304. The van der Waals surface area contributed by atoms with Gasteiger partial charge in [0.05, 0.1) is 18.7 Å². The molecular weight excluding hydrogens is 435 g/mol. The van der Waals surface area contributed by atoms with Crippen LogP contribution in [0.3, 0.4) is 0 Å². The SMILES string of the molecule is COC(=O)C1=C(CN2CCN(c3cccc(Cl)c3)CC2)NC(=O)N[C@H]1c1cccc(F)c1. The van der Waals surface area contributed by atoms with Gasteiger partial charge in [-0.25, -0.2) is 14.0 Å². The molecule has 0 radical (unpaired) electrons. The lowest BCUT2D eigenvalue weighted by molar-refractivity contribution is -0.136. The average Bonchev–Trinajstić information content (AvgIpc) is 2.79. The third-order valence-electron chi connectivity index (χ3n) is 5.67. The van der Waals surface area contributed by atoms with Crippen molar-refractivity contribution < 1.29 is 18.7 Å². The maximum atomic E-state index is 13.8. The van der Waals surface area contributed by atoms with E-state index in [0.29, 0.717) is 22.8 Å². The minimum Gasteiger partial charge on any atom is -0.466 e. The molecule has 1 fully saturated rings. The predicted octanol–water partition coefficient (Wildman–Crippen LogP) is 3.08. The van der Waals surface area contributed by atoms with E-state index in [2.05, 4.69) is 20.4 Å². The fourth-order valence-electron chi connectivity index (χ4n) is 4.09. The minimum atomic E-state index is -0.797. The van der Waals surface area contributed by atoms with E-state index in [4.69, 9.17) is 16.3 Å². The molecule has 0 saturated carbocycles. The quantitative estimate of drug-likeness (QED) is 0.674. The van der Waals surface area contributed by atoms with E-state index in [9.17, 15) is 14.0 Å². The minimum absolute atomic E-state index is 0.273. The number of nitrogens with one attached hydrogen (secondary N) is 2. The lowest BCUT2D eigenvalue weighted by Crippen LogP contribution is -2.51. The topological polar surface area (TPSA) is 73.9 Å². The van der Waals surface area contributed by atoms with Crippen molar-refractivity contribution in [1.29, 1.82) is 0 Å². The second kappa shape index (κ2) is 9.58. The summed E-state index contributed by atoms with van der Waals surface area (Å²) >= 11 is 6.11. The molecule has 1 atom stereocenters. The van der Waals surface area contributed by atoms with E-state index in [1.807, 2.05) is 24.3 Å². The number of benzene rings is 2. The first-order valence-corrected chi connectivity index (χ1v) is 10.7. The Kier molecular flexibility index (Phi) is 6.62. The Morgan fingerprint density at radius 1 is 1.16 bits per heavy atom. The van der Waals surface area contributed by atoms with Gasteiger partial charge in [-0.3, -0.25) is 4.90 Å².